The van der Waals surface area contributed by atoms with Gasteiger partial charge in [-0.05, 0) is 63.1 Å². The molecule has 4 fully saturated rings. The molecule has 0 N–H and O–H groups in total. The Morgan fingerprint density at radius 2 is 1.77 bits per heavy atom. The number of aryl methyl sites for hydroxylation is 1. The molecule has 0 radical (unpaired) electrons. The monoisotopic (exact) mass is 426 g/mol. The lowest BCUT2D eigenvalue weighted by atomic mass is 9.84. The molecule has 2 amide bonds. The zero-order chi connectivity index (χ0) is 21.6. The molecule has 31 heavy (non-hydrogen) atoms. The van der Waals surface area contributed by atoms with E-state index in [1.165, 1.54) is 5.56 Å². The Hall–Kier alpha value is -2.28. The number of rotatable bonds is 3. The van der Waals surface area contributed by atoms with Crippen LogP contribution in [0.15, 0.2) is 24.3 Å². The summed E-state index contributed by atoms with van der Waals surface area (Å²) in [5.41, 5.74) is 1.95. The number of amides is 2. The van der Waals surface area contributed by atoms with E-state index in [1.54, 1.807) is 0 Å². The molecule has 1 saturated carbocycles. The van der Waals surface area contributed by atoms with Crippen molar-refractivity contribution in [2.24, 2.45) is 0 Å². The van der Waals surface area contributed by atoms with E-state index >= 15 is 0 Å². The summed E-state index contributed by atoms with van der Waals surface area (Å²) in [7, 11) is 1.92. The Kier molecular flexibility index (Phi) is 5.32. The number of benzene rings is 1. The number of ether oxygens (including phenoxy) is 1. The summed E-state index contributed by atoms with van der Waals surface area (Å²) in [5.74, 6) is 0.256. The zero-order valence-corrected chi connectivity index (χ0v) is 18.8. The summed E-state index contributed by atoms with van der Waals surface area (Å²) in [6, 6.07) is 9.00. The van der Waals surface area contributed by atoms with Gasteiger partial charge in [0.1, 0.15) is 11.6 Å². The number of anilines is 1. The van der Waals surface area contributed by atoms with E-state index < -0.39 is 5.54 Å². The van der Waals surface area contributed by atoms with Crippen LogP contribution in [0.3, 0.4) is 0 Å². The number of piperidine rings is 2. The maximum absolute atomic E-state index is 13.3. The fourth-order valence-electron chi connectivity index (χ4n) is 5.57. The second-order valence-electron chi connectivity index (χ2n) is 9.78. The highest BCUT2D eigenvalue weighted by Gasteiger charge is 2.53. The molecule has 1 aromatic rings. The van der Waals surface area contributed by atoms with Crippen LogP contribution >= 0.6 is 0 Å². The molecule has 0 unspecified atom stereocenters. The van der Waals surface area contributed by atoms with Gasteiger partial charge in [-0.2, -0.15) is 0 Å². The molecular weight excluding hydrogens is 392 g/mol. The summed E-state index contributed by atoms with van der Waals surface area (Å²) in [6.07, 6.45) is 5.76. The van der Waals surface area contributed by atoms with Crippen molar-refractivity contribution in [1.82, 2.24) is 14.7 Å². The first-order valence-electron chi connectivity index (χ1n) is 11.8. The number of carbonyl (C=O) groups is 2. The van der Waals surface area contributed by atoms with Gasteiger partial charge in [-0.15, -0.1) is 0 Å². The highest BCUT2D eigenvalue weighted by atomic mass is 16.6. The van der Waals surface area contributed by atoms with E-state index in [1.807, 2.05) is 16.8 Å². The zero-order valence-electron chi connectivity index (χ0n) is 18.8. The third kappa shape index (κ3) is 3.88. The molecule has 1 aliphatic carbocycles. The first kappa shape index (κ1) is 20.6. The van der Waals surface area contributed by atoms with Crippen LogP contribution in [0.2, 0.25) is 0 Å². The van der Waals surface area contributed by atoms with Crippen molar-refractivity contribution in [3.05, 3.63) is 29.8 Å². The van der Waals surface area contributed by atoms with Gasteiger partial charge in [0.25, 0.3) is 0 Å². The van der Waals surface area contributed by atoms with Crippen molar-refractivity contribution >= 4 is 17.7 Å². The molecule has 7 heteroatoms. The predicted molar refractivity (Wildman–Crippen MR) is 119 cm³/mol. The van der Waals surface area contributed by atoms with Gasteiger partial charge < -0.3 is 24.3 Å². The average molecular weight is 427 g/mol. The second kappa shape index (κ2) is 8.01. The topological polar surface area (TPSA) is 56.3 Å². The van der Waals surface area contributed by atoms with Crippen LogP contribution in [0.4, 0.5) is 10.5 Å². The Morgan fingerprint density at radius 1 is 1.06 bits per heavy atom. The molecular formula is C24H34N4O3. The Labute approximate surface area is 184 Å². The Balaban J connectivity index is 1.21. The van der Waals surface area contributed by atoms with Gasteiger partial charge >= 0.3 is 6.09 Å². The number of hydrogen-bond acceptors (Lipinski definition) is 5. The molecule has 7 nitrogen and oxygen atoms in total. The highest BCUT2D eigenvalue weighted by Crippen LogP contribution is 2.40. The summed E-state index contributed by atoms with van der Waals surface area (Å²) in [4.78, 5) is 34.1. The van der Waals surface area contributed by atoms with Gasteiger partial charge in [0.2, 0.25) is 5.91 Å². The van der Waals surface area contributed by atoms with Gasteiger partial charge in [-0.1, -0.05) is 12.1 Å². The van der Waals surface area contributed by atoms with Crippen LogP contribution in [0.1, 0.15) is 44.1 Å². The quantitative estimate of drug-likeness (QED) is 0.744. The van der Waals surface area contributed by atoms with Crippen molar-refractivity contribution < 1.29 is 14.3 Å². The van der Waals surface area contributed by atoms with Gasteiger partial charge in [0.15, 0.2) is 0 Å². The third-order valence-corrected chi connectivity index (χ3v) is 7.58. The fourth-order valence-corrected chi connectivity index (χ4v) is 5.57. The van der Waals surface area contributed by atoms with Crippen LogP contribution in [0.25, 0.3) is 0 Å². The largest absolute Gasteiger partial charge is 0.446 e. The minimum Gasteiger partial charge on any atom is -0.446 e. The lowest BCUT2D eigenvalue weighted by Crippen LogP contribution is -2.59. The maximum Gasteiger partial charge on any atom is 0.410 e. The second-order valence-corrected chi connectivity index (χ2v) is 9.78. The van der Waals surface area contributed by atoms with Crippen LogP contribution in [-0.4, -0.2) is 84.3 Å². The molecule has 168 valence electrons. The molecule has 3 saturated heterocycles. The first-order valence-corrected chi connectivity index (χ1v) is 11.8. The smallest absolute Gasteiger partial charge is 0.410 e. The fraction of sp³-hybridized carbons (Fsp3) is 0.667. The van der Waals surface area contributed by atoms with Crippen LogP contribution in [-0.2, 0) is 9.53 Å². The summed E-state index contributed by atoms with van der Waals surface area (Å²) >= 11 is 0. The van der Waals surface area contributed by atoms with E-state index in [2.05, 4.69) is 41.0 Å². The van der Waals surface area contributed by atoms with E-state index in [4.69, 9.17) is 4.74 Å². The molecule has 3 heterocycles. The van der Waals surface area contributed by atoms with E-state index in [-0.39, 0.29) is 18.1 Å². The number of likely N-dealkylation sites (tertiary alicyclic amines) is 2. The molecule has 4 aliphatic rings. The molecule has 5 rings (SSSR count). The van der Waals surface area contributed by atoms with Crippen LogP contribution < -0.4 is 4.90 Å². The van der Waals surface area contributed by atoms with E-state index in [9.17, 15) is 9.59 Å². The Bertz CT molecular complexity index is 839. The van der Waals surface area contributed by atoms with E-state index in [0.717, 1.165) is 70.4 Å². The van der Waals surface area contributed by atoms with Crippen molar-refractivity contribution in [2.75, 3.05) is 44.8 Å². The Morgan fingerprint density at radius 3 is 2.42 bits per heavy atom. The normalized spacial score (nSPS) is 24.8. The first-order chi connectivity index (χ1) is 15.0. The number of hydrogen-bond donors (Lipinski definition) is 0. The van der Waals surface area contributed by atoms with Crippen molar-refractivity contribution in [2.45, 2.75) is 63.1 Å². The molecule has 0 aromatic heterocycles. The standard InChI is InChI=1S/C24H34N4O3/c1-18-4-3-5-20(16-18)28-17-25(2)22(29)24(28)10-14-26(15-11-24)19-8-12-27(13-9-19)23(30)31-21-6-7-21/h3-5,16,19,21H,6-15,17H2,1-2H3. The number of likely N-dealkylation sites (N-methyl/N-ethyl adjacent to an activating group) is 1. The third-order valence-electron chi connectivity index (χ3n) is 7.58. The van der Waals surface area contributed by atoms with Crippen molar-refractivity contribution in [1.29, 1.82) is 0 Å². The molecule has 3 aliphatic heterocycles. The van der Waals surface area contributed by atoms with Gasteiger partial charge in [-0.3, -0.25) is 4.79 Å². The SMILES string of the molecule is Cc1cccc(N2CN(C)C(=O)C23CCN(C2CCN(C(=O)OC4CC4)CC2)CC3)c1. The summed E-state index contributed by atoms with van der Waals surface area (Å²) < 4.78 is 5.45. The molecule has 0 bridgehead atoms. The lowest BCUT2D eigenvalue weighted by molar-refractivity contribution is -0.132. The number of carbonyl (C=O) groups excluding carboxylic acids is 2. The highest BCUT2D eigenvalue weighted by molar-refractivity contribution is 5.93. The average Bonchev–Trinajstić information content (AvgIpc) is 3.57. The maximum atomic E-state index is 13.3. The lowest BCUT2D eigenvalue weighted by Gasteiger charge is -2.47. The molecule has 1 aromatic carbocycles. The van der Waals surface area contributed by atoms with Crippen LogP contribution in [0, 0.1) is 6.92 Å². The van der Waals surface area contributed by atoms with Gasteiger partial charge in [-0.25, -0.2) is 4.79 Å². The van der Waals surface area contributed by atoms with Crippen LogP contribution in [0.5, 0.6) is 0 Å². The summed E-state index contributed by atoms with van der Waals surface area (Å²) in [6.45, 7) is 6.17. The molecule has 1 spiro atoms. The predicted octanol–water partition coefficient (Wildman–Crippen LogP) is 2.83. The minimum atomic E-state index is -0.423. The molecule has 0 atom stereocenters. The van der Waals surface area contributed by atoms with Crippen molar-refractivity contribution in [3.8, 4) is 0 Å². The summed E-state index contributed by atoms with van der Waals surface area (Å²) in [5, 5.41) is 0. The van der Waals surface area contributed by atoms with Gasteiger partial charge in [0, 0.05) is 45.0 Å². The minimum absolute atomic E-state index is 0.132. The van der Waals surface area contributed by atoms with Crippen molar-refractivity contribution in [3.63, 3.8) is 0 Å². The van der Waals surface area contributed by atoms with Gasteiger partial charge in [0.05, 0.1) is 6.67 Å². The van der Waals surface area contributed by atoms with E-state index in [0.29, 0.717) is 12.7 Å². The number of nitrogens with zero attached hydrogens (tertiary/aromatic N) is 4.